The summed E-state index contributed by atoms with van der Waals surface area (Å²) in [5.41, 5.74) is 1.51. The van der Waals surface area contributed by atoms with Crippen LogP contribution in [0.25, 0.3) is 0 Å². The number of anilines is 1. The number of ether oxygens (including phenoxy) is 1. The van der Waals surface area contributed by atoms with E-state index in [1.165, 1.54) is 0 Å². The molecule has 17 heavy (non-hydrogen) atoms. The molecule has 0 saturated heterocycles. The molecule has 0 radical (unpaired) electrons. The highest BCUT2D eigenvalue weighted by Crippen LogP contribution is 2.19. The second-order valence-corrected chi connectivity index (χ2v) is 4.39. The van der Waals surface area contributed by atoms with Gasteiger partial charge in [-0.1, -0.05) is 15.9 Å². The summed E-state index contributed by atoms with van der Waals surface area (Å²) in [5.74, 6) is 0. The summed E-state index contributed by atoms with van der Waals surface area (Å²) in [5, 5.41) is 15.4. The smallest absolute Gasteiger partial charge is 0.101 e. The van der Waals surface area contributed by atoms with E-state index in [1.54, 1.807) is 13.2 Å². The molecule has 5 heteroatoms. The molecular weight excluding hydrogens is 282 g/mol. The van der Waals surface area contributed by atoms with Crippen LogP contribution in [0.2, 0.25) is 0 Å². The Labute approximate surface area is 110 Å². The van der Waals surface area contributed by atoms with Gasteiger partial charge in [0.2, 0.25) is 0 Å². The molecule has 0 aromatic heterocycles. The first kappa shape index (κ1) is 14.0. The molecule has 1 aromatic carbocycles. The zero-order chi connectivity index (χ0) is 12.5. The van der Waals surface area contributed by atoms with Crippen LogP contribution >= 0.6 is 15.9 Å². The van der Waals surface area contributed by atoms with E-state index in [2.05, 4.69) is 32.6 Å². The Kier molecular flexibility index (Phi) is 6.63. The van der Waals surface area contributed by atoms with Gasteiger partial charge in [0.1, 0.15) is 6.07 Å². The third-order valence-electron chi connectivity index (χ3n) is 2.20. The molecule has 92 valence electrons. The average Bonchev–Trinajstić information content (AvgIpc) is 2.35. The van der Waals surface area contributed by atoms with Crippen LogP contribution in [0.3, 0.4) is 0 Å². The first-order valence-corrected chi connectivity index (χ1v) is 6.20. The molecular formula is C12H16BrN3O. The summed E-state index contributed by atoms with van der Waals surface area (Å²) >= 11 is 3.34. The Hall–Kier alpha value is -1.09. The van der Waals surface area contributed by atoms with Gasteiger partial charge in [-0.15, -0.1) is 0 Å². The van der Waals surface area contributed by atoms with E-state index in [9.17, 15) is 0 Å². The fourth-order valence-corrected chi connectivity index (χ4v) is 1.71. The van der Waals surface area contributed by atoms with Crippen LogP contribution in [0.5, 0.6) is 0 Å². The third-order valence-corrected chi connectivity index (χ3v) is 2.70. The van der Waals surface area contributed by atoms with Crippen molar-refractivity contribution < 1.29 is 4.74 Å². The molecule has 0 aliphatic rings. The van der Waals surface area contributed by atoms with Crippen molar-refractivity contribution in [3.05, 3.63) is 28.2 Å². The second kappa shape index (κ2) is 8.07. The monoisotopic (exact) mass is 297 g/mol. The lowest BCUT2D eigenvalue weighted by atomic mass is 10.2. The first-order valence-electron chi connectivity index (χ1n) is 5.41. The lowest BCUT2D eigenvalue weighted by molar-refractivity contribution is 0.200. The van der Waals surface area contributed by atoms with Crippen LogP contribution in [0, 0.1) is 11.3 Å². The van der Waals surface area contributed by atoms with Gasteiger partial charge in [-0.2, -0.15) is 5.26 Å². The van der Waals surface area contributed by atoms with E-state index in [0.29, 0.717) is 12.2 Å². The lowest BCUT2D eigenvalue weighted by Gasteiger charge is -2.09. The fraction of sp³-hybridized carbons (Fsp3) is 0.417. The van der Waals surface area contributed by atoms with E-state index in [0.717, 1.165) is 29.8 Å². The summed E-state index contributed by atoms with van der Waals surface area (Å²) < 4.78 is 5.84. The van der Waals surface area contributed by atoms with Crippen LogP contribution in [0.1, 0.15) is 5.56 Å². The number of halogens is 1. The minimum Gasteiger partial charge on any atom is -0.383 e. The minimum absolute atomic E-state index is 0.649. The highest BCUT2D eigenvalue weighted by molar-refractivity contribution is 9.10. The Morgan fingerprint density at radius 1 is 1.35 bits per heavy atom. The molecule has 0 fully saturated rings. The molecule has 0 heterocycles. The van der Waals surface area contributed by atoms with Crippen molar-refractivity contribution in [2.24, 2.45) is 0 Å². The predicted octanol–water partition coefficient (Wildman–Crippen LogP) is 1.97. The molecule has 0 aliphatic carbocycles. The van der Waals surface area contributed by atoms with Gasteiger partial charge >= 0.3 is 0 Å². The van der Waals surface area contributed by atoms with Crippen LogP contribution in [-0.2, 0) is 4.74 Å². The number of nitrogens with zero attached hydrogens (tertiary/aromatic N) is 1. The van der Waals surface area contributed by atoms with Crippen LogP contribution in [0.4, 0.5) is 5.69 Å². The van der Waals surface area contributed by atoms with Crippen molar-refractivity contribution in [2.75, 3.05) is 38.7 Å². The molecule has 0 atom stereocenters. The van der Waals surface area contributed by atoms with Crippen LogP contribution < -0.4 is 10.6 Å². The summed E-state index contributed by atoms with van der Waals surface area (Å²) in [6, 6.07) is 7.79. The summed E-state index contributed by atoms with van der Waals surface area (Å²) in [4.78, 5) is 0. The lowest BCUT2D eigenvalue weighted by Crippen LogP contribution is -2.25. The van der Waals surface area contributed by atoms with Gasteiger partial charge in [-0.05, 0) is 18.2 Å². The predicted molar refractivity (Wildman–Crippen MR) is 72.1 cm³/mol. The van der Waals surface area contributed by atoms with Gasteiger partial charge in [0.05, 0.1) is 17.9 Å². The topological polar surface area (TPSA) is 57.1 Å². The number of hydrogen-bond donors (Lipinski definition) is 2. The Morgan fingerprint density at radius 3 is 2.88 bits per heavy atom. The van der Waals surface area contributed by atoms with E-state index in [1.807, 2.05) is 12.1 Å². The number of nitriles is 1. The van der Waals surface area contributed by atoms with E-state index in [-0.39, 0.29) is 0 Å². The average molecular weight is 298 g/mol. The Balaban J connectivity index is 2.34. The number of benzene rings is 1. The van der Waals surface area contributed by atoms with Crippen molar-refractivity contribution >= 4 is 21.6 Å². The highest BCUT2D eigenvalue weighted by Gasteiger charge is 2.01. The zero-order valence-electron chi connectivity index (χ0n) is 9.79. The van der Waals surface area contributed by atoms with E-state index >= 15 is 0 Å². The van der Waals surface area contributed by atoms with Crippen molar-refractivity contribution in [1.29, 1.82) is 5.26 Å². The van der Waals surface area contributed by atoms with Crippen molar-refractivity contribution in [3.8, 4) is 6.07 Å². The van der Waals surface area contributed by atoms with Gasteiger partial charge in [0, 0.05) is 31.2 Å². The minimum atomic E-state index is 0.649. The summed E-state index contributed by atoms with van der Waals surface area (Å²) in [6.07, 6.45) is 0. The molecule has 1 aromatic rings. The van der Waals surface area contributed by atoms with Gasteiger partial charge in [-0.25, -0.2) is 0 Å². The first-order chi connectivity index (χ1) is 8.27. The van der Waals surface area contributed by atoms with Gasteiger partial charge < -0.3 is 15.4 Å². The summed E-state index contributed by atoms with van der Waals surface area (Å²) in [7, 11) is 1.68. The van der Waals surface area contributed by atoms with Crippen molar-refractivity contribution in [2.45, 2.75) is 0 Å². The van der Waals surface area contributed by atoms with Crippen LogP contribution in [0.15, 0.2) is 22.7 Å². The van der Waals surface area contributed by atoms with Crippen molar-refractivity contribution in [1.82, 2.24) is 5.32 Å². The number of methoxy groups -OCH3 is 1. The Morgan fingerprint density at radius 2 is 2.18 bits per heavy atom. The van der Waals surface area contributed by atoms with Gasteiger partial charge in [-0.3, -0.25) is 0 Å². The van der Waals surface area contributed by atoms with Crippen LogP contribution in [-0.4, -0.2) is 33.4 Å². The fourth-order valence-electron chi connectivity index (χ4n) is 1.35. The molecule has 0 bridgehead atoms. The van der Waals surface area contributed by atoms with Crippen molar-refractivity contribution in [3.63, 3.8) is 0 Å². The number of rotatable bonds is 7. The normalized spacial score (nSPS) is 9.94. The molecule has 1 rings (SSSR count). The molecule has 0 spiro atoms. The molecule has 4 nitrogen and oxygen atoms in total. The van der Waals surface area contributed by atoms with E-state index < -0.39 is 0 Å². The standard InChI is InChI=1S/C12H16BrN3O/c1-17-7-6-15-4-5-16-12-3-2-11(13)8-10(12)9-14/h2-3,8,15-16H,4-7H2,1H3. The maximum atomic E-state index is 8.97. The molecule has 0 unspecified atom stereocenters. The molecule has 2 N–H and O–H groups in total. The maximum Gasteiger partial charge on any atom is 0.101 e. The van der Waals surface area contributed by atoms with Gasteiger partial charge in [0.15, 0.2) is 0 Å². The third kappa shape index (κ3) is 5.18. The molecule has 0 aliphatic heterocycles. The maximum absolute atomic E-state index is 8.97. The molecule has 0 saturated carbocycles. The van der Waals surface area contributed by atoms with Gasteiger partial charge in [0.25, 0.3) is 0 Å². The van der Waals surface area contributed by atoms with E-state index in [4.69, 9.17) is 10.00 Å². The quantitative estimate of drug-likeness (QED) is 0.756. The number of nitrogens with one attached hydrogen (secondary N) is 2. The zero-order valence-corrected chi connectivity index (χ0v) is 11.4. The molecule has 0 amide bonds. The largest absolute Gasteiger partial charge is 0.383 e. The summed E-state index contributed by atoms with van der Waals surface area (Å²) in [6.45, 7) is 3.16. The Bertz CT molecular complexity index is 390. The SMILES string of the molecule is COCCNCCNc1ccc(Br)cc1C#N. The second-order valence-electron chi connectivity index (χ2n) is 3.47. The highest BCUT2D eigenvalue weighted by atomic mass is 79.9. The number of hydrogen-bond acceptors (Lipinski definition) is 4.